The molecule has 98 valence electrons. The molecule has 1 amide bonds. The first-order valence-corrected chi connectivity index (χ1v) is 6.96. The maximum Gasteiger partial charge on any atom is 0.251 e. The molecule has 1 N–H and O–H groups in total. The number of carbonyl (C=O) groups is 1. The van der Waals surface area contributed by atoms with E-state index in [0.717, 1.165) is 15.6 Å². The molecule has 2 rings (SSSR count). The molecule has 0 aliphatic heterocycles. The van der Waals surface area contributed by atoms with Crippen LogP contribution in [0, 0.1) is 13.8 Å². The Morgan fingerprint density at radius 3 is 2.53 bits per heavy atom. The van der Waals surface area contributed by atoms with E-state index in [1.165, 1.54) is 5.56 Å². The molecule has 0 spiro atoms. The summed E-state index contributed by atoms with van der Waals surface area (Å²) in [5.74, 6) is -0.0519. The topological polar surface area (TPSA) is 29.1 Å². The van der Waals surface area contributed by atoms with Crippen LogP contribution in [0.4, 0.5) is 0 Å². The van der Waals surface area contributed by atoms with Crippen molar-refractivity contribution in [2.75, 3.05) is 0 Å². The molecular formula is C16H16BrNO. The van der Waals surface area contributed by atoms with E-state index < -0.39 is 0 Å². The van der Waals surface area contributed by atoms with E-state index in [2.05, 4.69) is 21.2 Å². The summed E-state index contributed by atoms with van der Waals surface area (Å²) < 4.78 is 0.955. The first kappa shape index (κ1) is 13.8. The lowest BCUT2D eigenvalue weighted by Gasteiger charge is -2.08. The summed E-state index contributed by atoms with van der Waals surface area (Å²) in [4.78, 5) is 12.1. The van der Waals surface area contributed by atoms with Crippen molar-refractivity contribution in [1.29, 1.82) is 0 Å². The van der Waals surface area contributed by atoms with E-state index in [1.807, 2.05) is 56.3 Å². The number of hydrogen-bond acceptors (Lipinski definition) is 1. The van der Waals surface area contributed by atoms with Crippen LogP contribution in [0.1, 0.15) is 27.0 Å². The van der Waals surface area contributed by atoms with Gasteiger partial charge < -0.3 is 5.32 Å². The maximum absolute atomic E-state index is 12.1. The van der Waals surface area contributed by atoms with Crippen LogP contribution in [-0.2, 0) is 6.54 Å². The summed E-state index contributed by atoms with van der Waals surface area (Å²) in [6.07, 6.45) is 0. The van der Waals surface area contributed by atoms with Gasteiger partial charge >= 0.3 is 0 Å². The van der Waals surface area contributed by atoms with E-state index in [9.17, 15) is 4.79 Å². The van der Waals surface area contributed by atoms with Crippen molar-refractivity contribution in [3.8, 4) is 0 Å². The molecule has 0 saturated heterocycles. The van der Waals surface area contributed by atoms with Gasteiger partial charge in [0.15, 0.2) is 0 Å². The largest absolute Gasteiger partial charge is 0.348 e. The van der Waals surface area contributed by atoms with Crippen LogP contribution in [0.2, 0.25) is 0 Å². The van der Waals surface area contributed by atoms with E-state index in [0.29, 0.717) is 12.1 Å². The Labute approximate surface area is 122 Å². The average Bonchev–Trinajstić information content (AvgIpc) is 2.40. The Kier molecular flexibility index (Phi) is 4.38. The Bertz CT molecular complexity index is 607. The van der Waals surface area contributed by atoms with Crippen molar-refractivity contribution in [3.63, 3.8) is 0 Å². The van der Waals surface area contributed by atoms with E-state index >= 15 is 0 Å². The predicted octanol–water partition coefficient (Wildman–Crippen LogP) is 4.00. The zero-order valence-corrected chi connectivity index (χ0v) is 12.6. The van der Waals surface area contributed by atoms with Crippen LogP contribution in [0.15, 0.2) is 46.9 Å². The van der Waals surface area contributed by atoms with Gasteiger partial charge in [0.1, 0.15) is 0 Å². The van der Waals surface area contributed by atoms with Crippen molar-refractivity contribution in [2.45, 2.75) is 20.4 Å². The lowest BCUT2D eigenvalue weighted by molar-refractivity contribution is 0.0951. The Morgan fingerprint density at radius 1 is 1.11 bits per heavy atom. The van der Waals surface area contributed by atoms with Gasteiger partial charge in [-0.05, 0) is 42.7 Å². The summed E-state index contributed by atoms with van der Waals surface area (Å²) in [6, 6.07) is 13.7. The molecule has 0 unspecified atom stereocenters. The average molecular weight is 318 g/mol. The van der Waals surface area contributed by atoms with Crippen molar-refractivity contribution >= 4 is 21.8 Å². The number of benzene rings is 2. The van der Waals surface area contributed by atoms with Crippen molar-refractivity contribution in [3.05, 3.63) is 69.2 Å². The molecule has 0 aliphatic rings. The van der Waals surface area contributed by atoms with Crippen molar-refractivity contribution in [1.82, 2.24) is 5.32 Å². The fourth-order valence-corrected chi connectivity index (χ4v) is 2.20. The minimum atomic E-state index is -0.0519. The van der Waals surface area contributed by atoms with Crippen LogP contribution in [0.5, 0.6) is 0 Å². The highest BCUT2D eigenvalue weighted by molar-refractivity contribution is 9.10. The van der Waals surface area contributed by atoms with Gasteiger partial charge in [-0.15, -0.1) is 0 Å². The molecule has 0 saturated carbocycles. The van der Waals surface area contributed by atoms with Crippen LogP contribution < -0.4 is 5.32 Å². The standard InChI is InChI=1S/C16H16BrNO/c1-11-5-3-4-6-14(11)10-18-16(19)13-8-7-12(2)15(17)9-13/h3-9H,10H2,1-2H3,(H,18,19). The molecule has 0 aromatic heterocycles. The second kappa shape index (κ2) is 6.02. The molecule has 3 heteroatoms. The van der Waals surface area contributed by atoms with E-state index in [4.69, 9.17) is 0 Å². The van der Waals surface area contributed by atoms with Crippen molar-refractivity contribution in [2.24, 2.45) is 0 Å². The minimum absolute atomic E-state index is 0.0519. The third-order valence-corrected chi connectivity index (χ3v) is 3.99. The van der Waals surface area contributed by atoms with Gasteiger partial charge in [0.2, 0.25) is 0 Å². The van der Waals surface area contributed by atoms with Crippen LogP contribution in [-0.4, -0.2) is 5.91 Å². The van der Waals surface area contributed by atoms with Crippen LogP contribution in [0.3, 0.4) is 0 Å². The third kappa shape index (κ3) is 3.44. The highest BCUT2D eigenvalue weighted by Crippen LogP contribution is 2.17. The number of rotatable bonds is 3. The number of halogens is 1. The first-order chi connectivity index (χ1) is 9.08. The lowest BCUT2D eigenvalue weighted by atomic mass is 10.1. The van der Waals surface area contributed by atoms with Gasteiger partial charge in [0, 0.05) is 16.6 Å². The fourth-order valence-electron chi connectivity index (χ4n) is 1.82. The molecular weight excluding hydrogens is 302 g/mol. The highest BCUT2D eigenvalue weighted by Gasteiger charge is 2.07. The summed E-state index contributed by atoms with van der Waals surface area (Å²) in [7, 11) is 0. The quantitative estimate of drug-likeness (QED) is 0.911. The zero-order chi connectivity index (χ0) is 13.8. The summed E-state index contributed by atoms with van der Waals surface area (Å²) in [5.41, 5.74) is 4.12. The molecule has 0 atom stereocenters. The normalized spacial score (nSPS) is 10.3. The summed E-state index contributed by atoms with van der Waals surface area (Å²) in [5, 5.41) is 2.94. The van der Waals surface area contributed by atoms with Crippen LogP contribution in [0.25, 0.3) is 0 Å². The zero-order valence-electron chi connectivity index (χ0n) is 11.0. The third-order valence-electron chi connectivity index (χ3n) is 3.13. The van der Waals surface area contributed by atoms with E-state index in [1.54, 1.807) is 0 Å². The molecule has 0 heterocycles. The highest BCUT2D eigenvalue weighted by atomic mass is 79.9. The minimum Gasteiger partial charge on any atom is -0.348 e. The van der Waals surface area contributed by atoms with Gasteiger partial charge in [0.05, 0.1) is 0 Å². The Hall–Kier alpha value is -1.61. The second-order valence-electron chi connectivity index (χ2n) is 4.57. The van der Waals surface area contributed by atoms with Gasteiger partial charge in [-0.2, -0.15) is 0 Å². The van der Waals surface area contributed by atoms with Gasteiger partial charge in [-0.3, -0.25) is 4.79 Å². The van der Waals surface area contributed by atoms with Gasteiger partial charge in [-0.1, -0.05) is 46.3 Å². The number of hydrogen-bond donors (Lipinski definition) is 1. The van der Waals surface area contributed by atoms with Gasteiger partial charge in [0.25, 0.3) is 5.91 Å². The molecule has 2 aromatic carbocycles. The molecule has 2 aromatic rings. The maximum atomic E-state index is 12.1. The Morgan fingerprint density at radius 2 is 1.84 bits per heavy atom. The summed E-state index contributed by atoms with van der Waals surface area (Å²) in [6.45, 7) is 4.60. The Balaban J connectivity index is 2.05. The van der Waals surface area contributed by atoms with Gasteiger partial charge in [-0.25, -0.2) is 0 Å². The molecule has 0 bridgehead atoms. The first-order valence-electron chi connectivity index (χ1n) is 6.17. The monoisotopic (exact) mass is 317 g/mol. The predicted molar refractivity (Wildman–Crippen MR) is 81.2 cm³/mol. The fraction of sp³-hybridized carbons (Fsp3) is 0.188. The van der Waals surface area contributed by atoms with Crippen LogP contribution >= 0.6 is 15.9 Å². The van der Waals surface area contributed by atoms with E-state index in [-0.39, 0.29) is 5.91 Å². The SMILES string of the molecule is Cc1ccc(C(=O)NCc2ccccc2C)cc1Br. The smallest absolute Gasteiger partial charge is 0.251 e. The molecule has 0 fully saturated rings. The number of carbonyl (C=O) groups excluding carboxylic acids is 1. The molecule has 0 aliphatic carbocycles. The molecule has 19 heavy (non-hydrogen) atoms. The van der Waals surface area contributed by atoms with Crippen molar-refractivity contribution < 1.29 is 4.79 Å². The number of amides is 1. The molecule has 0 radical (unpaired) electrons. The lowest BCUT2D eigenvalue weighted by Crippen LogP contribution is -2.23. The summed E-state index contributed by atoms with van der Waals surface area (Å²) >= 11 is 3.44. The molecule has 2 nitrogen and oxygen atoms in total. The second-order valence-corrected chi connectivity index (χ2v) is 5.43. The number of nitrogens with one attached hydrogen (secondary N) is 1. The number of aryl methyl sites for hydroxylation is 2.